The fraction of sp³-hybridized carbons (Fsp3) is 0.600. The first kappa shape index (κ1) is 31.4. The minimum Gasteiger partial charge on any atom is -0.544 e. The maximum atomic E-state index is 6.65. The highest BCUT2D eigenvalue weighted by molar-refractivity contribution is 8.76. The van der Waals surface area contributed by atoms with Crippen molar-refractivity contribution >= 4 is 38.2 Å². The van der Waals surface area contributed by atoms with Crippen molar-refractivity contribution in [1.29, 1.82) is 0 Å². The van der Waals surface area contributed by atoms with Crippen LogP contribution in [-0.2, 0) is 0 Å². The average Bonchev–Trinajstić information content (AvgIpc) is 2.70. The third-order valence-corrected chi connectivity index (χ3v) is 9.76. The highest BCUT2D eigenvalue weighted by atomic mass is 33.1. The summed E-state index contributed by atoms with van der Waals surface area (Å²) in [6.07, 6.45) is 0. The van der Waals surface area contributed by atoms with Crippen molar-refractivity contribution in [3.8, 4) is 11.5 Å². The molecule has 36 heavy (non-hydrogen) atoms. The zero-order valence-electron chi connectivity index (χ0n) is 25.3. The van der Waals surface area contributed by atoms with Crippen molar-refractivity contribution in [3.63, 3.8) is 0 Å². The lowest BCUT2D eigenvalue weighted by molar-refractivity contribution is 0.529. The number of benzene rings is 2. The molecule has 0 bridgehead atoms. The van der Waals surface area contributed by atoms with E-state index in [1.54, 1.807) is 0 Å². The largest absolute Gasteiger partial charge is 0.544 e. The molecule has 2 aromatic rings. The summed E-state index contributed by atoms with van der Waals surface area (Å²) < 4.78 is 13.3. The molecule has 0 saturated carbocycles. The lowest BCUT2D eigenvalue weighted by Gasteiger charge is -2.28. The summed E-state index contributed by atoms with van der Waals surface area (Å²) in [6, 6.07) is 9.44. The van der Waals surface area contributed by atoms with Gasteiger partial charge in [-0.1, -0.05) is 77.0 Å². The second kappa shape index (κ2) is 12.4. The summed E-state index contributed by atoms with van der Waals surface area (Å²) in [5.41, 5.74) is 5.32. The van der Waals surface area contributed by atoms with E-state index >= 15 is 0 Å². The molecule has 0 atom stereocenters. The van der Waals surface area contributed by atoms with Gasteiger partial charge in [0, 0.05) is 9.79 Å². The summed E-state index contributed by atoms with van der Waals surface area (Å²) in [6.45, 7) is 31.8. The monoisotopic (exact) mass is 562 g/mol. The van der Waals surface area contributed by atoms with Gasteiger partial charge in [-0.3, -0.25) is 0 Å². The molecule has 0 aliphatic carbocycles. The van der Waals surface area contributed by atoms with E-state index in [0.29, 0.717) is 23.7 Å². The number of rotatable bonds is 11. The molecule has 0 unspecified atom stereocenters. The van der Waals surface area contributed by atoms with Crippen LogP contribution in [0.5, 0.6) is 11.5 Å². The van der Waals surface area contributed by atoms with E-state index in [9.17, 15) is 0 Å². The molecule has 6 heteroatoms. The maximum Gasteiger partial charge on any atom is 0.242 e. The van der Waals surface area contributed by atoms with E-state index in [1.165, 1.54) is 32.0 Å². The molecule has 0 aliphatic heterocycles. The summed E-state index contributed by atoms with van der Waals surface area (Å²) in [5, 5.41) is 0. The molecular formula is C30H50O2S2Si2. The van der Waals surface area contributed by atoms with Gasteiger partial charge >= 0.3 is 0 Å². The predicted octanol–water partition coefficient (Wildman–Crippen LogP) is 11.4. The Bertz CT molecular complexity index is 891. The third kappa shape index (κ3) is 8.88. The van der Waals surface area contributed by atoms with Crippen molar-refractivity contribution in [2.45, 2.75) is 128 Å². The highest BCUT2D eigenvalue weighted by Gasteiger charge is 2.26. The van der Waals surface area contributed by atoms with E-state index in [-0.39, 0.29) is 0 Å². The Balaban J connectivity index is 2.51. The Labute approximate surface area is 232 Å². The second-order valence-corrected chi connectivity index (χ2v) is 24.2. The van der Waals surface area contributed by atoms with Gasteiger partial charge in [-0.2, -0.15) is 0 Å². The van der Waals surface area contributed by atoms with Crippen LogP contribution in [0.1, 0.15) is 101 Å². The molecule has 0 fully saturated rings. The summed E-state index contributed by atoms with van der Waals surface area (Å²) in [7, 11) is 0.289. The van der Waals surface area contributed by atoms with Gasteiger partial charge in [0.05, 0.1) is 0 Å². The first-order chi connectivity index (χ1) is 16.4. The minimum absolute atomic E-state index is 0.414. The van der Waals surface area contributed by atoms with Gasteiger partial charge in [0.2, 0.25) is 16.6 Å². The first-order valence-electron chi connectivity index (χ1n) is 13.5. The van der Waals surface area contributed by atoms with Crippen molar-refractivity contribution in [1.82, 2.24) is 0 Å². The average molecular weight is 563 g/mol. The number of hydrogen-bond donors (Lipinski definition) is 0. The molecule has 0 amide bonds. The van der Waals surface area contributed by atoms with Gasteiger partial charge in [-0.25, -0.2) is 0 Å². The summed E-state index contributed by atoms with van der Waals surface area (Å²) >= 11 is 0. The SMILES string of the molecule is CC(C)c1cc(SSc2cc(C(C)C)c(O[Si](C)(C)C)c(C(C)C)c2)cc(C(C)C)c1O[Si](C)(C)C. The molecular weight excluding hydrogens is 513 g/mol. The van der Waals surface area contributed by atoms with Gasteiger partial charge in [0.15, 0.2) is 0 Å². The fourth-order valence-corrected chi connectivity index (χ4v) is 7.79. The van der Waals surface area contributed by atoms with Gasteiger partial charge < -0.3 is 8.85 Å². The minimum atomic E-state index is -1.72. The van der Waals surface area contributed by atoms with Gasteiger partial charge in [-0.05, 0) is 109 Å². The summed E-state index contributed by atoms with van der Waals surface area (Å²) in [5.74, 6) is 3.92. The quantitative estimate of drug-likeness (QED) is 0.200. The van der Waals surface area contributed by atoms with Crippen LogP contribution in [0.15, 0.2) is 34.1 Å². The highest BCUT2D eigenvalue weighted by Crippen LogP contribution is 2.47. The van der Waals surface area contributed by atoms with E-state index in [2.05, 4.69) is 119 Å². The van der Waals surface area contributed by atoms with Gasteiger partial charge in [0.1, 0.15) is 11.5 Å². The topological polar surface area (TPSA) is 18.5 Å². The van der Waals surface area contributed by atoms with Crippen LogP contribution in [-0.4, -0.2) is 16.6 Å². The van der Waals surface area contributed by atoms with Crippen molar-refractivity contribution in [2.75, 3.05) is 0 Å². The van der Waals surface area contributed by atoms with E-state index in [4.69, 9.17) is 8.85 Å². The van der Waals surface area contributed by atoms with Crippen LogP contribution in [0, 0.1) is 0 Å². The van der Waals surface area contributed by atoms with Crippen LogP contribution in [0.25, 0.3) is 0 Å². The number of hydrogen-bond acceptors (Lipinski definition) is 4. The van der Waals surface area contributed by atoms with Gasteiger partial charge in [0.25, 0.3) is 0 Å². The van der Waals surface area contributed by atoms with Crippen LogP contribution < -0.4 is 8.85 Å². The lowest BCUT2D eigenvalue weighted by atomic mass is 9.94. The molecule has 2 aromatic carbocycles. The molecule has 0 aromatic heterocycles. The normalized spacial score (nSPS) is 12.8. The van der Waals surface area contributed by atoms with E-state index in [0.717, 1.165) is 11.5 Å². The smallest absolute Gasteiger partial charge is 0.242 e. The standard InChI is InChI=1S/C30H50O2S2Si2/c1-19(2)25-15-23(16-26(20(3)4)29(25)31-35(9,10)11)33-34-24-17-27(21(5)6)30(32-36(12,13)14)28(18-24)22(7)8/h15-22H,1-14H3. The molecule has 202 valence electrons. The fourth-order valence-electron chi connectivity index (χ4n) is 4.05. The van der Waals surface area contributed by atoms with Crippen LogP contribution >= 0.6 is 21.6 Å². The third-order valence-electron chi connectivity index (χ3n) is 5.78. The molecule has 0 radical (unpaired) electrons. The summed E-state index contributed by atoms with van der Waals surface area (Å²) in [4.78, 5) is 2.60. The van der Waals surface area contributed by atoms with Crippen molar-refractivity contribution < 1.29 is 8.85 Å². The molecule has 0 N–H and O–H groups in total. The maximum absolute atomic E-state index is 6.65. The van der Waals surface area contributed by atoms with Gasteiger partial charge in [-0.15, -0.1) is 0 Å². The Morgan fingerprint density at radius 3 is 0.861 bits per heavy atom. The molecule has 0 heterocycles. The van der Waals surface area contributed by atoms with E-state index in [1.807, 2.05) is 21.6 Å². The Hall–Kier alpha value is -0.826. The molecule has 2 nitrogen and oxygen atoms in total. The molecule has 0 aliphatic rings. The van der Waals surface area contributed by atoms with Crippen LogP contribution in [0.2, 0.25) is 39.3 Å². The first-order valence-corrected chi connectivity index (χ1v) is 22.4. The molecule has 0 saturated heterocycles. The zero-order chi connectivity index (χ0) is 27.6. The Morgan fingerprint density at radius 2 is 0.694 bits per heavy atom. The predicted molar refractivity (Wildman–Crippen MR) is 169 cm³/mol. The Kier molecular flexibility index (Phi) is 10.8. The Morgan fingerprint density at radius 1 is 0.472 bits per heavy atom. The van der Waals surface area contributed by atoms with Crippen LogP contribution in [0.4, 0.5) is 0 Å². The van der Waals surface area contributed by atoms with E-state index < -0.39 is 16.6 Å². The molecule has 2 rings (SSSR count). The zero-order valence-corrected chi connectivity index (χ0v) is 28.9. The van der Waals surface area contributed by atoms with Crippen molar-refractivity contribution in [2.24, 2.45) is 0 Å². The van der Waals surface area contributed by atoms with Crippen LogP contribution in [0.3, 0.4) is 0 Å². The molecule has 0 spiro atoms. The second-order valence-electron chi connectivity index (χ2n) is 13.1. The van der Waals surface area contributed by atoms with Crippen molar-refractivity contribution in [3.05, 3.63) is 46.5 Å². The lowest BCUT2D eigenvalue weighted by Crippen LogP contribution is -2.30.